The van der Waals surface area contributed by atoms with Gasteiger partial charge in [0.2, 0.25) is 11.0 Å². The summed E-state index contributed by atoms with van der Waals surface area (Å²) in [5.74, 6) is 0.0174. The maximum absolute atomic E-state index is 11.9. The molecule has 0 saturated carbocycles. The van der Waals surface area contributed by atoms with Crippen LogP contribution in [0.1, 0.15) is 0 Å². The molecule has 0 aliphatic carbocycles. The second-order valence-electron chi connectivity index (χ2n) is 3.98. The molecule has 0 spiro atoms. The van der Waals surface area contributed by atoms with Gasteiger partial charge in [-0.3, -0.25) is 4.79 Å². The van der Waals surface area contributed by atoms with Crippen LogP contribution in [0.15, 0.2) is 35.2 Å². The van der Waals surface area contributed by atoms with Gasteiger partial charge in [0.05, 0.1) is 21.5 Å². The Morgan fingerprint density at radius 3 is 3.00 bits per heavy atom. The molecule has 0 radical (unpaired) electrons. The number of thioether (sulfide) groups is 1. The Balaban J connectivity index is 1.86. The number of aromatic nitrogens is 2. The molecule has 1 aromatic carbocycles. The lowest BCUT2D eigenvalue weighted by atomic mass is 10.3. The van der Waals surface area contributed by atoms with Gasteiger partial charge in [-0.1, -0.05) is 58.4 Å². The van der Waals surface area contributed by atoms with Gasteiger partial charge in [0.25, 0.3) is 0 Å². The maximum Gasteiger partial charge on any atom is 0.234 e. The van der Waals surface area contributed by atoms with E-state index in [1.807, 2.05) is 0 Å². The van der Waals surface area contributed by atoms with Gasteiger partial charge < -0.3 is 10.6 Å². The highest BCUT2D eigenvalue weighted by molar-refractivity contribution is 8.01. The van der Waals surface area contributed by atoms with Gasteiger partial charge in [-0.25, -0.2) is 0 Å². The first-order valence-electron chi connectivity index (χ1n) is 6.15. The molecule has 0 aliphatic heterocycles. The number of amides is 1. The van der Waals surface area contributed by atoms with Gasteiger partial charge in [0.1, 0.15) is 0 Å². The standard InChI is InChI=1S/C13H12Cl2N4OS2/c1-2-6-16-12-18-19-13(22-12)21-7-10(20)17-9-5-3-4-8(14)11(9)15/h2-5H,1,6-7H2,(H,16,18)(H,17,20). The zero-order valence-corrected chi connectivity index (χ0v) is 14.5. The Labute approximate surface area is 146 Å². The van der Waals surface area contributed by atoms with Crippen molar-refractivity contribution in [3.63, 3.8) is 0 Å². The molecule has 2 rings (SSSR count). The van der Waals surface area contributed by atoms with E-state index in [1.165, 1.54) is 23.1 Å². The number of rotatable bonds is 7. The van der Waals surface area contributed by atoms with Crippen LogP contribution in [-0.4, -0.2) is 28.4 Å². The van der Waals surface area contributed by atoms with E-state index in [0.29, 0.717) is 31.7 Å². The molecule has 9 heteroatoms. The molecular weight excluding hydrogens is 363 g/mol. The first kappa shape index (κ1) is 17.1. The van der Waals surface area contributed by atoms with E-state index in [0.717, 1.165) is 0 Å². The molecule has 0 atom stereocenters. The van der Waals surface area contributed by atoms with E-state index >= 15 is 0 Å². The SMILES string of the molecule is C=CCNc1nnc(SCC(=O)Nc2cccc(Cl)c2Cl)s1. The van der Waals surface area contributed by atoms with Gasteiger partial charge in [-0.05, 0) is 12.1 Å². The largest absolute Gasteiger partial charge is 0.357 e. The highest BCUT2D eigenvalue weighted by Crippen LogP contribution is 2.30. The maximum atomic E-state index is 11.9. The lowest BCUT2D eigenvalue weighted by molar-refractivity contribution is -0.113. The second-order valence-corrected chi connectivity index (χ2v) is 6.97. The van der Waals surface area contributed by atoms with Crippen molar-refractivity contribution in [2.45, 2.75) is 4.34 Å². The van der Waals surface area contributed by atoms with Crippen molar-refractivity contribution in [1.29, 1.82) is 0 Å². The minimum atomic E-state index is -0.190. The summed E-state index contributed by atoms with van der Waals surface area (Å²) in [5.41, 5.74) is 0.491. The quantitative estimate of drug-likeness (QED) is 0.562. The number of nitrogens with zero attached hydrogens (tertiary/aromatic N) is 2. The zero-order valence-electron chi connectivity index (χ0n) is 11.3. The summed E-state index contributed by atoms with van der Waals surface area (Å²) in [6, 6.07) is 5.08. The van der Waals surface area contributed by atoms with Gasteiger partial charge in [-0.15, -0.1) is 16.8 Å². The molecule has 1 heterocycles. The van der Waals surface area contributed by atoms with Gasteiger partial charge in [0.15, 0.2) is 4.34 Å². The summed E-state index contributed by atoms with van der Waals surface area (Å²) >= 11 is 14.6. The predicted octanol–water partition coefficient (Wildman–Crippen LogP) is 4.17. The topological polar surface area (TPSA) is 66.9 Å². The molecule has 0 bridgehead atoms. The van der Waals surface area contributed by atoms with Crippen LogP contribution < -0.4 is 10.6 Å². The van der Waals surface area contributed by atoms with E-state index < -0.39 is 0 Å². The summed E-state index contributed by atoms with van der Waals surface area (Å²) in [4.78, 5) is 11.9. The predicted molar refractivity (Wildman–Crippen MR) is 94.4 cm³/mol. The van der Waals surface area contributed by atoms with E-state index in [-0.39, 0.29) is 11.7 Å². The first-order valence-corrected chi connectivity index (χ1v) is 8.71. The highest BCUT2D eigenvalue weighted by atomic mass is 35.5. The summed E-state index contributed by atoms with van der Waals surface area (Å²) < 4.78 is 0.707. The normalized spacial score (nSPS) is 10.3. The second kappa shape index (κ2) is 8.38. The third-order valence-electron chi connectivity index (χ3n) is 2.36. The van der Waals surface area contributed by atoms with Crippen molar-refractivity contribution in [1.82, 2.24) is 10.2 Å². The summed E-state index contributed by atoms with van der Waals surface area (Å²) in [7, 11) is 0. The van der Waals surface area contributed by atoms with Crippen LogP contribution in [0.4, 0.5) is 10.8 Å². The van der Waals surface area contributed by atoms with E-state index in [9.17, 15) is 4.79 Å². The number of hydrogen-bond donors (Lipinski definition) is 2. The Bertz CT molecular complexity index is 678. The monoisotopic (exact) mass is 374 g/mol. The Kier molecular flexibility index (Phi) is 6.50. The molecule has 22 heavy (non-hydrogen) atoms. The molecule has 116 valence electrons. The zero-order chi connectivity index (χ0) is 15.9. The molecule has 0 saturated heterocycles. The summed E-state index contributed by atoms with van der Waals surface area (Å²) in [5, 5.41) is 15.1. The number of benzene rings is 1. The third-order valence-corrected chi connectivity index (χ3v) is 5.19. The Hall–Kier alpha value is -1.28. The molecule has 0 aliphatic rings. The fourth-order valence-corrected chi connectivity index (χ4v) is 3.32. The van der Waals surface area contributed by atoms with E-state index in [4.69, 9.17) is 23.2 Å². The van der Waals surface area contributed by atoms with Gasteiger partial charge >= 0.3 is 0 Å². The van der Waals surface area contributed by atoms with Crippen LogP contribution >= 0.6 is 46.3 Å². The fraction of sp³-hybridized carbons (Fsp3) is 0.154. The summed E-state index contributed by atoms with van der Waals surface area (Å²) in [6.45, 7) is 4.23. The third kappa shape index (κ3) is 4.88. The Morgan fingerprint density at radius 1 is 1.41 bits per heavy atom. The van der Waals surface area contributed by atoms with Crippen molar-refractivity contribution in [2.75, 3.05) is 22.9 Å². The number of halogens is 2. The van der Waals surface area contributed by atoms with Crippen molar-refractivity contribution in [3.8, 4) is 0 Å². The van der Waals surface area contributed by atoms with Crippen LogP contribution in [0.25, 0.3) is 0 Å². The molecule has 0 unspecified atom stereocenters. The molecular formula is C13H12Cl2N4OS2. The summed E-state index contributed by atoms with van der Waals surface area (Å²) in [6.07, 6.45) is 1.73. The van der Waals surface area contributed by atoms with Crippen LogP contribution in [0.2, 0.25) is 10.0 Å². The number of nitrogens with one attached hydrogen (secondary N) is 2. The number of anilines is 2. The molecule has 5 nitrogen and oxygen atoms in total. The minimum Gasteiger partial charge on any atom is -0.357 e. The van der Waals surface area contributed by atoms with Crippen LogP contribution in [0, 0.1) is 0 Å². The molecule has 2 aromatic rings. The number of carbonyl (C=O) groups excluding carboxylic acids is 1. The number of carbonyl (C=O) groups is 1. The van der Waals surface area contributed by atoms with Crippen LogP contribution in [0.5, 0.6) is 0 Å². The fourth-order valence-electron chi connectivity index (χ4n) is 1.41. The van der Waals surface area contributed by atoms with Crippen molar-refractivity contribution in [3.05, 3.63) is 40.9 Å². The average molecular weight is 375 g/mol. The number of hydrogen-bond acceptors (Lipinski definition) is 6. The average Bonchev–Trinajstić information content (AvgIpc) is 2.96. The molecule has 0 fully saturated rings. The van der Waals surface area contributed by atoms with E-state index in [2.05, 4.69) is 27.4 Å². The van der Waals surface area contributed by atoms with Crippen molar-refractivity contribution in [2.24, 2.45) is 0 Å². The Morgan fingerprint density at radius 2 is 2.23 bits per heavy atom. The smallest absolute Gasteiger partial charge is 0.234 e. The molecule has 1 amide bonds. The van der Waals surface area contributed by atoms with Crippen molar-refractivity contribution < 1.29 is 4.79 Å². The lowest BCUT2D eigenvalue weighted by Gasteiger charge is -2.07. The highest BCUT2D eigenvalue weighted by Gasteiger charge is 2.10. The van der Waals surface area contributed by atoms with Gasteiger partial charge in [-0.2, -0.15) is 0 Å². The lowest BCUT2D eigenvalue weighted by Crippen LogP contribution is -2.14. The van der Waals surface area contributed by atoms with Crippen LogP contribution in [-0.2, 0) is 4.79 Å². The van der Waals surface area contributed by atoms with Gasteiger partial charge in [0, 0.05) is 6.54 Å². The molecule has 1 aromatic heterocycles. The first-order chi connectivity index (χ1) is 10.6. The van der Waals surface area contributed by atoms with E-state index in [1.54, 1.807) is 24.3 Å². The van der Waals surface area contributed by atoms with Crippen LogP contribution in [0.3, 0.4) is 0 Å². The minimum absolute atomic E-state index is 0.190. The van der Waals surface area contributed by atoms with Crippen molar-refractivity contribution >= 4 is 63.0 Å². The molecule has 2 N–H and O–H groups in total.